The second kappa shape index (κ2) is 9.96. The van der Waals surface area contributed by atoms with E-state index in [0.29, 0.717) is 5.69 Å². The molecule has 4 N–H and O–H groups in total. The maximum absolute atomic E-state index is 12.5. The van der Waals surface area contributed by atoms with Crippen molar-refractivity contribution in [3.8, 4) is 0 Å². The molecule has 1 heterocycles. The molecule has 1 fully saturated rings. The third-order valence-corrected chi connectivity index (χ3v) is 4.90. The van der Waals surface area contributed by atoms with E-state index >= 15 is 0 Å². The number of primary amides is 1. The number of amides is 3. The van der Waals surface area contributed by atoms with Gasteiger partial charge in [0.1, 0.15) is 6.04 Å². The van der Waals surface area contributed by atoms with Crippen molar-refractivity contribution in [3.05, 3.63) is 24.3 Å². The van der Waals surface area contributed by atoms with Crippen LogP contribution >= 0.6 is 0 Å². The van der Waals surface area contributed by atoms with E-state index in [1.807, 2.05) is 38.1 Å². The molecule has 1 saturated heterocycles. The minimum atomic E-state index is -0.688. The lowest BCUT2D eigenvalue weighted by Crippen LogP contribution is -2.47. The molecule has 0 aromatic heterocycles. The minimum Gasteiger partial charge on any atom is -0.450 e. The monoisotopic (exact) mass is 390 g/mol. The second-order valence-corrected chi connectivity index (χ2v) is 7.29. The van der Waals surface area contributed by atoms with Gasteiger partial charge in [0.25, 0.3) is 0 Å². The summed E-state index contributed by atoms with van der Waals surface area (Å²) in [7, 11) is 0. The third-order valence-electron chi connectivity index (χ3n) is 4.90. The molecule has 0 bridgehead atoms. The van der Waals surface area contributed by atoms with Crippen LogP contribution in [-0.2, 0) is 14.3 Å². The fraction of sp³-hybridized carbons (Fsp3) is 0.550. The Bertz CT molecular complexity index is 682. The van der Waals surface area contributed by atoms with Gasteiger partial charge in [-0.3, -0.25) is 9.59 Å². The molecule has 8 nitrogen and oxygen atoms in total. The molecule has 1 aliphatic rings. The van der Waals surface area contributed by atoms with Crippen LogP contribution in [0, 0.1) is 11.8 Å². The Morgan fingerprint density at radius 1 is 1.18 bits per heavy atom. The highest BCUT2D eigenvalue weighted by Crippen LogP contribution is 2.24. The van der Waals surface area contributed by atoms with Gasteiger partial charge >= 0.3 is 6.09 Å². The summed E-state index contributed by atoms with van der Waals surface area (Å²) in [5.74, 6) is -0.656. The summed E-state index contributed by atoms with van der Waals surface area (Å²) in [6.07, 6.45) is 0.901. The van der Waals surface area contributed by atoms with E-state index in [2.05, 4.69) is 15.5 Å². The molecule has 154 valence electrons. The van der Waals surface area contributed by atoms with Gasteiger partial charge in [-0.25, -0.2) is 4.79 Å². The van der Waals surface area contributed by atoms with Gasteiger partial charge in [-0.15, -0.1) is 0 Å². The number of nitrogens with one attached hydrogen (secondary N) is 2. The Balaban J connectivity index is 1.94. The number of anilines is 2. The smallest absolute Gasteiger partial charge is 0.407 e. The van der Waals surface area contributed by atoms with E-state index < -0.39 is 12.1 Å². The summed E-state index contributed by atoms with van der Waals surface area (Å²) in [4.78, 5) is 37.7. The standard InChI is InChI=1S/C20H30N4O4/c1-4-28-20(27)23-17(13(2)3)19(26)22-15-5-7-16(8-6-15)24-11-9-14(10-12-24)18(21)25/h5-8,13-14,17H,4,9-12H2,1-3H3,(H2,21,25)(H,22,26)(H,23,27). The van der Waals surface area contributed by atoms with Crippen molar-refractivity contribution in [2.45, 2.75) is 39.7 Å². The van der Waals surface area contributed by atoms with E-state index in [4.69, 9.17) is 10.5 Å². The first-order valence-corrected chi connectivity index (χ1v) is 9.70. The van der Waals surface area contributed by atoms with Crippen LogP contribution in [0.25, 0.3) is 0 Å². The average Bonchev–Trinajstić information content (AvgIpc) is 2.66. The molecule has 28 heavy (non-hydrogen) atoms. The Morgan fingerprint density at radius 2 is 1.79 bits per heavy atom. The van der Waals surface area contributed by atoms with Crippen molar-refractivity contribution >= 4 is 29.3 Å². The molecule has 0 spiro atoms. The lowest BCUT2D eigenvalue weighted by Gasteiger charge is -2.32. The van der Waals surface area contributed by atoms with Crippen molar-refractivity contribution in [3.63, 3.8) is 0 Å². The summed E-state index contributed by atoms with van der Waals surface area (Å²) in [5.41, 5.74) is 7.06. The van der Waals surface area contributed by atoms with Gasteiger partial charge in [0.05, 0.1) is 6.61 Å². The molecule has 3 amide bonds. The highest BCUT2D eigenvalue weighted by molar-refractivity contribution is 5.96. The predicted molar refractivity (Wildman–Crippen MR) is 108 cm³/mol. The molecule has 1 unspecified atom stereocenters. The summed E-state index contributed by atoms with van der Waals surface area (Å²) in [6.45, 7) is 7.22. The van der Waals surface area contributed by atoms with Crippen molar-refractivity contribution < 1.29 is 19.1 Å². The topological polar surface area (TPSA) is 114 Å². The number of nitrogens with zero attached hydrogens (tertiary/aromatic N) is 1. The van der Waals surface area contributed by atoms with Gasteiger partial charge in [-0.05, 0) is 49.9 Å². The van der Waals surface area contributed by atoms with E-state index in [9.17, 15) is 14.4 Å². The maximum atomic E-state index is 12.5. The Morgan fingerprint density at radius 3 is 2.29 bits per heavy atom. The quantitative estimate of drug-likeness (QED) is 0.660. The first kappa shape index (κ1) is 21.5. The van der Waals surface area contributed by atoms with Gasteiger partial charge in [-0.2, -0.15) is 0 Å². The maximum Gasteiger partial charge on any atom is 0.407 e. The number of alkyl carbamates (subject to hydrolysis) is 1. The van der Waals surface area contributed by atoms with Gasteiger partial charge in [-0.1, -0.05) is 13.8 Å². The predicted octanol–water partition coefficient (Wildman–Crippen LogP) is 2.10. The molecular formula is C20H30N4O4. The minimum absolute atomic E-state index is 0.0466. The Labute approximate surface area is 165 Å². The molecule has 1 aromatic carbocycles. The SMILES string of the molecule is CCOC(=O)NC(C(=O)Nc1ccc(N2CCC(C(N)=O)CC2)cc1)C(C)C. The van der Waals surface area contributed by atoms with Crippen LogP contribution in [0.15, 0.2) is 24.3 Å². The number of carbonyl (C=O) groups excluding carboxylic acids is 3. The van der Waals surface area contributed by atoms with Gasteiger partial charge < -0.3 is 26.0 Å². The molecular weight excluding hydrogens is 360 g/mol. The van der Waals surface area contributed by atoms with Crippen LogP contribution in [0.3, 0.4) is 0 Å². The van der Waals surface area contributed by atoms with Crippen LogP contribution in [-0.4, -0.2) is 43.6 Å². The number of ether oxygens (including phenoxy) is 1. The zero-order valence-electron chi connectivity index (χ0n) is 16.7. The molecule has 1 atom stereocenters. The largest absolute Gasteiger partial charge is 0.450 e. The van der Waals surface area contributed by atoms with Crippen LogP contribution < -0.4 is 21.3 Å². The van der Waals surface area contributed by atoms with Crippen molar-refractivity contribution in [2.24, 2.45) is 17.6 Å². The number of nitrogens with two attached hydrogens (primary N) is 1. The highest BCUT2D eigenvalue weighted by Gasteiger charge is 2.25. The van der Waals surface area contributed by atoms with Gasteiger partial charge in [0.2, 0.25) is 11.8 Å². The number of piperidine rings is 1. The van der Waals surface area contributed by atoms with Crippen LogP contribution in [0.5, 0.6) is 0 Å². The van der Waals surface area contributed by atoms with E-state index in [1.54, 1.807) is 6.92 Å². The zero-order chi connectivity index (χ0) is 20.7. The number of hydrogen-bond donors (Lipinski definition) is 3. The fourth-order valence-electron chi connectivity index (χ4n) is 3.23. The molecule has 2 rings (SSSR count). The molecule has 1 aromatic rings. The number of benzene rings is 1. The lowest BCUT2D eigenvalue weighted by atomic mass is 9.96. The van der Waals surface area contributed by atoms with E-state index in [-0.39, 0.29) is 30.3 Å². The summed E-state index contributed by atoms with van der Waals surface area (Å²) < 4.78 is 4.86. The first-order valence-electron chi connectivity index (χ1n) is 9.70. The normalized spacial score (nSPS) is 15.8. The summed E-state index contributed by atoms with van der Waals surface area (Å²) >= 11 is 0. The Hall–Kier alpha value is -2.77. The zero-order valence-corrected chi connectivity index (χ0v) is 16.7. The molecule has 8 heteroatoms. The van der Waals surface area contributed by atoms with Crippen molar-refractivity contribution in [2.75, 3.05) is 29.9 Å². The summed E-state index contributed by atoms with van der Waals surface area (Å²) in [5, 5.41) is 5.43. The van der Waals surface area contributed by atoms with Gasteiger partial charge in [0.15, 0.2) is 0 Å². The van der Waals surface area contributed by atoms with Crippen molar-refractivity contribution in [1.29, 1.82) is 0 Å². The first-order chi connectivity index (χ1) is 13.3. The van der Waals surface area contributed by atoms with E-state index in [0.717, 1.165) is 31.6 Å². The van der Waals surface area contributed by atoms with E-state index in [1.165, 1.54) is 0 Å². The Kier molecular flexibility index (Phi) is 7.66. The van der Waals surface area contributed by atoms with Crippen molar-refractivity contribution in [1.82, 2.24) is 5.32 Å². The molecule has 1 aliphatic heterocycles. The second-order valence-electron chi connectivity index (χ2n) is 7.29. The fourth-order valence-corrected chi connectivity index (χ4v) is 3.23. The van der Waals surface area contributed by atoms with Crippen LogP contribution in [0.4, 0.5) is 16.2 Å². The van der Waals surface area contributed by atoms with Crippen LogP contribution in [0.2, 0.25) is 0 Å². The lowest BCUT2D eigenvalue weighted by molar-refractivity contribution is -0.122. The third kappa shape index (κ3) is 5.87. The average molecular weight is 390 g/mol. The van der Waals surface area contributed by atoms with Gasteiger partial charge in [0, 0.05) is 30.4 Å². The summed E-state index contributed by atoms with van der Waals surface area (Å²) in [6, 6.07) is 6.84. The number of hydrogen-bond acceptors (Lipinski definition) is 5. The molecule has 0 radical (unpaired) electrons. The highest BCUT2D eigenvalue weighted by atomic mass is 16.5. The molecule has 0 saturated carbocycles. The van der Waals surface area contributed by atoms with Crippen LogP contribution in [0.1, 0.15) is 33.6 Å². The number of carbonyl (C=O) groups is 3. The number of rotatable bonds is 7. The molecule has 0 aliphatic carbocycles.